The van der Waals surface area contributed by atoms with Crippen molar-refractivity contribution in [2.75, 3.05) is 6.26 Å². The van der Waals surface area contributed by atoms with Gasteiger partial charge in [0, 0.05) is 6.26 Å². The summed E-state index contributed by atoms with van der Waals surface area (Å²) in [6.07, 6.45) is 8.99. The maximum absolute atomic E-state index is 11.3. The van der Waals surface area contributed by atoms with Gasteiger partial charge in [0.2, 0.25) is 0 Å². The molecule has 0 aliphatic rings. The van der Waals surface area contributed by atoms with Crippen LogP contribution in [0.3, 0.4) is 0 Å². The number of allylic oxidation sites excluding steroid dienone is 5. The van der Waals surface area contributed by atoms with Crippen LogP contribution in [0, 0.1) is 0 Å². The van der Waals surface area contributed by atoms with Gasteiger partial charge < -0.3 is 0 Å². The third-order valence-corrected chi connectivity index (χ3v) is 3.98. The molecule has 0 amide bonds. The van der Waals surface area contributed by atoms with E-state index in [-0.39, 0.29) is 0 Å². The highest BCUT2D eigenvalue weighted by atomic mass is 32.2. The fourth-order valence-electron chi connectivity index (χ4n) is 1.05. The van der Waals surface area contributed by atoms with Crippen molar-refractivity contribution >= 4 is 9.84 Å². The predicted octanol–water partition coefficient (Wildman–Crippen LogP) is 2.89. The summed E-state index contributed by atoms with van der Waals surface area (Å²) in [6.45, 7) is 7.48. The van der Waals surface area contributed by atoms with Crippen molar-refractivity contribution in [2.24, 2.45) is 0 Å². The van der Waals surface area contributed by atoms with Gasteiger partial charge in [-0.15, -0.1) is 0 Å². The van der Waals surface area contributed by atoms with E-state index in [9.17, 15) is 8.42 Å². The minimum atomic E-state index is -2.98. The summed E-state index contributed by atoms with van der Waals surface area (Å²) in [5, 5.41) is -0.410. The normalized spacial score (nSPS) is 17.1. The average molecular weight is 228 g/mol. The highest BCUT2D eigenvalue weighted by molar-refractivity contribution is 7.91. The molecule has 0 aromatic carbocycles. The van der Waals surface area contributed by atoms with Crippen LogP contribution in [0.4, 0.5) is 0 Å². The Morgan fingerprint density at radius 2 is 1.73 bits per heavy atom. The monoisotopic (exact) mass is 228 g/mol. The van der Waals surface area contributed by atoms with Gasteiger partial charge in [-0.3, -0.25) is 0 Å². The first kappa shape index (κ1) is 14.2. The molecule has 0 aromatic heterocycles. The van der Waals surface area contributed by atoms with Crippen LogP contribution in [0.1, 0.15) is 27.7 Å². The summed E-state index contributed by atoms with van der Waals surface area (Å²) >= 11 is 0. The Hall–Kier alpha value is -0.830. The average Bonchev–Trinajstić information content (AvgIpc) is 2.12. The van der Waals surface area contributed by atoms with Crippen LogP contribution in [-0.2, 0) is 9.84 Å². The summed E-state index contributed by atoms with van der Waals surface area (Å²) in [7, 11) is -2.98. The van der Waals surface area contributed by atoms with E-state index < -0.39 is 15.1 Å². The van der Waals surface area contributed by atoms with Gasteiger partial charge in [0.25, 0.3) is 0 Å². The Labute approximate surface area is 93.3 Å². The van der Waals surface area contributed by atoms with Gasteiger partial charge in [0.05, 0.1) is 5.25 Å². The summed E-state index contributed by atoms with van der Waals surface area (Å²) in [5.41, 5.74) is 1.97. The van der Waals surface area contributed by atoms with E-state index in [1.807, 2.05) is 45.1 Å². The topological polar surface area (TPSA) is 34.1 Å². The zero-order valence-electron chi connectivity index (χ0n) is 10.1. The van der Waals surface area contributed by atoms with E-state index in [1.54, 1.807) is 6.92 Å². The fraction of sp³-hybridized carbons (Fsp3) is 0.500. The van der Waals surface area contributed by atoms with Crippen LogP contribution in [0.15, 0.2) is 35.5 Å². The van der Waals surface area contributed by atoms with Crippen LogP contribution in [0.25, 0.3) is 0 Å². The molecule has 0 bridgehead atoms. The van der Waals surface area contributed by atoms with Gasteiger partial charge in [-0.05, 0) is 27.7 Å². The maximum Gasteiger partial charge on any atom is 0.153 e. The highest BCUT2D eigenvalue weighted by Crippen LogP contribution is 2.10. The highest BCUT2D eigenvalue weighted by Gasteiger charge is 2.15. The predicted molar refractivity (Wildman–Crippen MR) is 66.6 cm³/mol. The first-order valence-electron chi connectivity index (χ1n) is 4.95. The molecule has 0 aliphatic carbocycles. The molecule has 3 heteroatoms. The van der Waals surface area contributed by atoms with Gasteiger partial charge in [-0.25, -0.2) is 8.42 Å². The van der Waals surface area contributed by atoms with Crippen LogP contribution in [0.2, 0.25) is 0 Å². The first-order chi connectivity index (χ1) is 6.79. The smallest absolute Gasteiger partial charge is 0.153 e. The Bertz CT molecular complexity index is 384. The number of hydrogen-bond acceptors (Lipinski definition) is 2. The van der Waals surface area contributed by atoms with Crippen molar-refractivity contribution in [3.05, 3.63) is 35.5 Å². The standard InChI is InChI=1S/C12H20O2S/c1-6-7-10(2)8-9-11(3)12(4)15(5,13)14/h6-9,12H,1-5H3/b7-6-,10-8-,11-9+/t12-/m0/s1. The van der Waals surface area contributed by atoms with E-state index in [2.05, 4.69) is 0 Å². The second-order valence-corrected chi connectivity index (χ2v) is 6.16. The van der Waals surface area contributed by atoms with E-state index >= 15 is 0 Å². The van der Waals surface area contributed by atoms with Crippen molar-refractivity contribution in [1.82, 2.24) is 0 Å². The Morgan fingerprint density at radius 3 is 2.13 bits per heavy atom. The molecule has 0 spiro atoms. The molecule has 0 radical (unpaired) electrons. The third kappa shape index (κ3) is 5.57. The SMILES string of the molecule is C\C=C/C(C)=C\C=C(/C)[C@H](C)S(C)(=O)=O. The molecule has 1 atom stereocenters. The van der Waals surface area contributed by atoms with Crippen LogP contribution >= 0.6 is 0 Å². The van der Waals surface area contributed by atoms with E-state index in [1.165, 1.54) is 6.26 Å². The van der Waals surface area contributed by atoms with Crippen LogP contribution in [0.5, 0.6) is 0 Å². The molecule has 0 unspecified atom stereocenters. The Kier molecular flexibility index (Phi) is 5.58. The first-order valence-corrected chi connectivity index (χ1v) is 6.91. The van der Waals surface area contributed by atoms with Crippen molar-refractivity contribution in [3.8, 4) is 0 Å². The van der Waals surface area contributed by atoms with Crippen LogP contribution in [-0.4, -0.2) is 19.9 Å². The fourth-order valence-corrected chi connectivity index (χ4v) is 1.81. The summed E-state index contributed by atoms with van der Waals surface area (Å²) in [4.78, 5) is 0. The quantitative estimate of drug-likeness (QED) is 0.693. The molecule has 0 N–H and O–H groups in total. The zero-order chi connectivity index (χ0) is 12.1. The summed E-state index contributed by atoms with van der Waals surface area (Å²) in [6, 6.07) is 0. The molecule has 0 heterocycles. The molecule has 0 aromatic rings. The molecule has 0 saturated heterocycles. The second-order valence-electron chi connectivity index (χ2n) is 3.79. The minimum Gasteiger partial charge on any atom is -0.229 e. The van der Waals surface area contributed by atoms with Gasteiger partial charge in [-0.2, -0.15) is 0 Å². The molecule has 2 nitrogen and oxygen atoms in total. The molecule has 0 fully saturated rings. The van der Waals surface area contributed by atoms with Crippen molar-refractivity contribution < 1.29 is 8.42 Å². The van der Waals surface area contributed by atoms with Gasteiger partial charge in [0.1, 0.15) is 0 Å². The molecular weight excluding hydrogens is 208 g/mol. The zero-order valence-corrected chi connectivity index (χ0v) is 10.9. The lowest BCUT2D eigenvalue weighted by Crippen LogP contribution is -2.16. The molecule has 0 saturated carbocycles. The molecule has 0 aliphatic heterocycles. The lowest BCUT2D eigenvalue weighted by molar-refractivity contribution is 0.595. The molecule has 0 rings (SSSR count). The molecule has 15 heavy (non-hydrogen) atoms. The Balaban J connectivity index is 4.80. The number of rotatable bonds is 4. The van der Waals surface area contributed by atoms with E-state index in [0.29, 0.717) is 0 Å². The second kappa shape index (κ2) is 5.91. The van der Waals surface area contributed by atoms with Crippen molar-refractivity contribution in [1.29, 1.82) is 0 Å². The van der Waals surface area contributed by atoms with Crippen molar-refractivity contribution in [2.45, 2.75) is 32.9 Å². The summed E-state index contributed by atoms with van der Waals surface area (Å²) in [5.74, 6) is 0. The van der Waals surface area contributed by atoms with Gasteiger partial charge in [-0.1, -0.05) is 35.5 Å². The van der Waals surface area contributed by atoms with Gasteiger partial charge in [0.15, 0.2) is 9.84 Å². The number of sulfone groups is 1. The lowest BCUT2D eigenvalue weighted by Gasteiger charge is -2.08. The Morgan fingerprint density at radius 1 is 1.20 bits per heavy atom. The minimum absolute atomic E-state index is 0.410. The van der Waals surface area contributed by atoms with E-state index in [0.717, 1.165) is 11.1 Å². The lowest BCUT2D eigenvalue weighted by atomic mass is 10.2. The molecule has 86 valence electrons. The molecular formula is C12H20O2S. The van der Waals surface area contributed by atoms with Crippen molar-refractivity contribution in [3.63, 3.8) is 0 Å². The largest absolute Gasteiger partial charge is 0.229 e. The summed E-state index contributed by atoms with van der Waals surface area (Å²) < 4.78 is 22.5. The van der Waals surface area contributed by atoms with E-state index in [4.69, 9.17) is 0 Å². The third-order valence-electron chi connectivity index (χ3n) is 2.32. The van der Waals surface area contributed by atoms with Crippen LogP contribution < -0.4 is 0 Å². The van der Waals surface area contributed by atoms with Gasteiger partial charge >= 0.3 is 0 Å². The maximum atomic E-state index is 11.3. The number of hydrogen-bond donors (Lipinski definition) is 0.